The Hall–Kier alpha value is -0.350. The monoisotopic (exact) mass is 301 g/mol. The molecule has 0 atom stereocenters. The van der Waals surface area contributed by atoms with Gasteiger partial charge in [0.15, 0.2) is 0 Å². The van der Waals surface area contributed by atoms with E-state index in [0.29, 0.717) is 0 Å². The molecule has 0 saturated carbocycles. The van der Waals surface area contributed by atoms with E-state index in [4.69, 9.17) is 0 Å². The third-order valence-corrected chi connectivity index (χ3v) is 3.98. The van der Waals surface area contributed by atoms with E-state index in [2.05, 4.69) is 44.9 Å². The molecule has 0 aliphatic carbocycles. The molecule has 0 amide bonds. The van der Waals surface area contributed by atoms with E-state index in [9.17, 15) is 0 Å². The molecule has 0 bridgehead atoms. The second-order valence-electron chi connectivity index (χ2n) is 4.40. The number of halogens is 1. The molecule has 98 valence electrons. The van der Waals surface area contributed by atoms with Crippen LogP contribution in [0.3, 0.4) is 0 Å². The molecule has 0 aliphatic rings. The molecule has 1 N–H and O–H groups in total. The number of nitrogens with zero attached hydrogens (tertiary/aromatic N) is 2. The molecule has 0 radical (unpaired) electrons. The minimum atomic E-state index is 0.904. The molecule has 0 spiro atoms. The summed E-state index contributed by atoms with van der Waals surface area (Å²) in [4.78, 5) is 0. The third-order valence-electron chi connectivity index (χ3n) is 2.95. The standard InChI is InChI=1S/C13H24BrN3/c1-4-6-7-8-9-15-10-12-13(14)11(3)16-17(12)5-2/h15H,4-10H2,1-3H3. The molecule has 1 rings (SSSR count). The molecule has 1 aromatic heterocycles. The Morgan fingerprint density at radius 1 is 1.24 bits per heavy atom. The van der Waals surface area contributed by atoms with Crippen LogP contribution in [0.5, 0.6) is 0 Å². The first-order valence-electron chi connectivity index (χ1n) is 6.63. The smallest absolute Gasteiger partial charge is 0.0739 e. The van der Waals surface area contributed by atoms with Gasteiger partial charge in [-0.15, -0.1) is 0 Å². The van der Waals surface area contributed by atoms with Gasteiger partial charge in [0.05, 0.1) is 15.9 Å². The van der Waals surface area contributed by atoms with E-state index in [1.54, 1.807) is 0 Å². The van der Waals surface area contributed by atoms with Gasteiger partial charge in [0, 0.05) is 13.1 Å². The number of hydrogen-bond acceptors (Lipinski definition) is 2. The minimum absolute atomic E-state index is 0.904. The molecule has 3 nitrogen and oxygen atoms in total. The first-order valence-corrected chi connectivity index (χ1v) is 7.42. The summed E-state index contributed by atoms with van der Waals surface area (Å²) in [5.74, 6) is 0. The first-order chi connectivity index (χ1) is 8.20. The predicted octanol–water partition coefficient (Wildman–Crippen LogP) is 3.64. The van der Waals surface area contributed by atoms with Crippen LogP contribution in [0.25, 0.3) is 0 Å². The number of nitrogens with one attached hydrogen (secondary N) is 1. The van der Waals surface area contributed by atoms with Gasteiger partial charge < -0.3 is 5.32 Å². The van der Waals surface area contributed by atoms with Crippen molar-refractivity contribution in [2.24, 2.45) is 0 Å². The van der Waals surface area contributed by atoms with Crippen LogP contribution in [0.4, 0.5) is 0 Å². The average Bonchev–Trinajstić information content (AvgIpc) is 2.60. The maximum atomic E-state index is 4.49. The van der Waals surface area contributed by atoms with E-state index in [0.717, 1.165) is 29.8 Å². The van der Waals surface area contributed by atoms with Crippen LogP contribution in [0.2, 0.25) is 0 Å². The minimum Gasteiger partial charge on any atom is -0.311 e. The Balaban J connectivity index is 2.35. The van der Waals surface area contributed by atoms with Gasteiger partial charge in [-0.1, -0.05) is 26.2 Å². The van der Waals surface area contributed by atoms with Crippen molar-refractivity contribution in [2.75, 3.05) is 6.54 Å². The van der Waals surface area contributed by atoms with Gasteiger partial charge in [0.2, 0.25) is 0 Å². The van der Waals surface area contributed by atoms with Gasteiger partial charge in [-0.05, 0) is 42.7 Å². The molecule has 0 aliphatic heterocycles. The van der Waals surface area contributed by atoms with E-state index in [1.165, 1.54) is 31.4 Å². The second-order valence-corrected chi connectivity index (χ2v) is 5.19. The van der Waals surface area contributed by atoms with Crippen LogP contribution in [0.15, 0.2) is 4.47 Å². The topological polar surface area (TPSA) is 29.9 Å². The highest BCUT2D eigenvalue weighted by Crippen LogP contribution is 2.20. The lowest BCUT2D eigenvalue weighted by Gasteiger charge is -2.07. The van der Waals surface area contributed by atoms with Crippen molar-refractivity contribution in [3.05, 3.63) is 15.9 Å². The van der Waals surface area contributed by atoms with Crippen molar-refractivity contribution in [1.29, 1.82) is 0 Å². The van der Waals surface area contributed by atoms with Crippen LogP contribution < -0.4 is 5.32 Å². The van der Waals surface area contributed by atoms with Crippen molar-refractivity contribution < 1.29 is 0 Å². The van der Waals surface area contributed by atoms with Crippen LogP contribution >= 0.6 is 15.9 Å². The SMILES string of the molecule is CCCCCCNCc1c(Br)c(C)nn1CC. The quantitative estimate of drug-likeness (QED) is 0.743. The summed E-state index contributed by atoms with van der Waals surface area (Å²) in [5.41, 5.74) is 2.34. The lowest BCUT2D eigenvalue weighted by Crippen LogP contribution is -2.18. The number of hydrogen-bond donors (Lipinski definition) is 1. The van der Waals surface area contributed by atoms with Crippen LogP contribution in [0, 0.1) is 6.92 Å². The van der Waals surface area contributed by atoms with Crippen LogP contribution in [-0.4, -0.2) is 16.3 Å². The highest BCUT2D eigenvalue weighted by Gasteiger charge is 2.10. The van der Waals surface area contributed by atoms with Crippen LogP contribution in [0.1, 0.15) is 50.9 Å². The average molecular weight is 302 g/mol. The normalized spacial score (nSPS) is 11.1. The highest BCUT2D eigenvalue weighted by atomic mass is 79.9. The van der Waals surface area contributed by atoms with E-state index < -0.39 is 0 Å². The lowest BCUT2D eigenvalue weighted by atomic mass is 10.2. The molecule has 0 saturated heterocycles. The van der Waals surface area contributed by atoms with E-state index in [-0.39, 0.29) is 0 Å². The highest BCUT2D eigenvalue weighted by molar-refractivity contribution is 9.10. The molecule has 0 unspecified atom stereocenters. The Labute approximate surface area is 113 Å². The fraction of sp³-hybridized carbons (Fsp3) is 0.769. The molecule has 0 fully saturated rings. The van der Waals surface area contributed by atoms with Gasteiger partial charge in [-0.3, -0.25) is 4.68 Å². The zero-order valence-electron chi connectivity index (χ0n) is 11.2. The largest absolute Gasteiger partial charge is 0.311 e. The van der Waals surface area contributed by atoms with E-state index in [1.807, 2.05) is 6.92 Å². The van der Waals surface area contributed by atoms with Gasteiger partial charge in [-0.2, -0.15) is 5.10 Å². The van der Waals surface area contributed by atoms with Crippen molar-refractivity contribution in [3.8, 4) is 0 Å². The first kappa shape index (κ1) is 14.7. The zero-order valence-corrected chi connectivity index (χ0v) is 12.8. The Bertz CT molecular complexity index is 334. The van der Waals surface area contributed by atoms with Gasteiger partial charge in [-0.25, -0.2) is 0 Å². The molecule has 4 heteroatoms. The summed E-state index contributed by atoms with van der Waals surface area (Å²) in [5, 5.41) is 7.99. The van der Waals surface area contributed by atoms with Gasteiger partial charge in [0.1, 0.15) is 0 Å². The number of aryl methyl sites for hydroxylation is 2. The summed E-state index contributed by atoms with van der Waals surface area (Å²) in [7, 11) is 0. The number of aromatic nitrogens is 2. The van der Waals surface area contributed by atoms with Crippen molar-refractivity contribution in [2.45, 2.75) is 59.5 Å². The number of unbranched alkanes of at least 4 members (excludes halogenated alkanes) is 3. The van der Waals surface area contributed by atoms with Gasteiger partial charge in [0.25, 0.3) is 0 Å². The molecular formula is C13H24BrN3. The predicted molar refractivity (Wildman–Crippen MR) is 76.2 cm³/mol. The second kappa shape index (κ2) is 7.88. The third kappa shape index (κ3) is 4.43. The lowest BCUT2D eigenvalue weighted by molar-refractivity contribution is 0.556. The Morgan fingerprint density at radius 3 is 2.65 bits per heavy atom. The number of rotatable bonds is 8. The molecular weight excluding hydrogens is 278 g/mol. The summed E-state index contributed by atoms with van der Waals surface area (Å²) < 4.78 is 3.22. The fourth-order valence-electron chi connectivity index (χ4n) is 1.92. The van der Waals surface area contributed by atoms with Crippen LogP contribution in [-0.2, 0) is 13.1 Å². The fourth-order valence-corrected chi connectivity index (χ4v) is 2.35. The molecule has 0 aromatic carbocycles. The maximum absolute atomic E-state index is 4.49. The summed E-state index contributed by atoms with van der Waals surface area (Å²) in [6.07, 6.45) is 5.24. The Morgan fingerprint density at radius 2 is 2.00 bits per heavy atom. The van der Waals surface area contributed by atoms with Crippen molar-refractivity contribution in [3.63, 3.8) is 0 Å². The van der Waals surface area contributed by atoms with E-state index >= 15 is 0 Å². The molecule has 17 heavy (non-hydrogen) atoms. The molecule has 1 aromatic rings. The maximum Gasteiger partial charge on any atom is 0.0739 e. The molecule has 1 heterocycles. The van der Waals surface area contributed by atoms with Crippen molar-refractivity contribution in [1.82, 2.24) is 15.1 Å². The summed E-state index contributed by atoms with van der Waals surface area (Å²) in [6.45, 7) is 9.35. The Kier molecular flexibility index (Phi) is 6.82. The zero-order chi connectivity index (χ0) is 12.7. The van der Waals surface area contributed by atoms with Crippen molar-refractivity contribution >= 4 is 15.9 Å². The summed E-state index contributed by atoms with van der Waals surface area (Å²) >= 11 is 3.61. The summed E-state index contributed by atoms with van der Waals surface area (Å²) in [6, 6.07) is 0. The van der Waals surface area contributed by atoms with Gasteiger partial charge >= 0.3 is 0 Å².